The number of rotatable bonds is 4. The maximum Gasteiger partial charge on any atom is 2.00 e. The van der Waals surface area contributed by atoms with Crippen molar-refractivity contribution < 1.29 is 33.3 Å². The van der Waals surface area contributed by atoms with Crippen molar-refractivity contribution in [2.75, 3.05) is 4.90 Å². The number of hydrogen-bond acceptors (Lipinski definition) is 5. The quantitative estimate of drug-likeness (QED) is 0.168. The third kappa shape index (κ3) is 7.60. The van der Waals surface area contributed by atoms with E-state index in [9.17, 15) is 2.74 Å². The minimum absolute atomic E-state index is 0. The molecule has 5 aromatic rings. The number of benzene rings is 4. The van der Waals surface area contributed by atoms with Crippen LogP contribution in [0.25, 0.3) is 0 Å². The van der Waals surface area contributed by atoms with Crippen molar-refractivity contribution in [2.24, 2.45) is 4.99 Å². The number of pyridine rings is 1. The molecule has 2 aliphatic heterocycles. The predicted molar refractivity (Wildman–Crippen MR) is 239 cm³/mol. The Kier molecular flexibility index (Phi) is 9.86. The summed E-state index contributed by atoms with van der Waals surface area (Å²) in [6.07, 6.45) is 0.677. The van der Waals surface area contributed by atoms with E-state index < -0.39 is 18.0 Å². The zero-order chi connectivity index (χ0) is 43.7. The third-order valence-electron chi connectivity index (χ3n) is 12.5. The van der Waals surface area contributed by atoms with Gasteiger partial charge in [-0.1, -0.05) is 131 Å². The van der Waals surface area contributed by atoms with Gasteiger partial charge in [-0.25, -0.2) is 4.98 Å². The fourth-order valence-electron chi connectivity index (χ4n) is 9.40. The number of anilines is 3. The predicted octanol–water partition coefficient (Wildman–Crippen LogP) is 13.1. The molecule has 0 saturated carbocycles. The molecule has 3 aliphatic rings. The molecule has 8 rings (SSSR count). The van der Waals surface area contributed by atoms with Crippen molar-refractivity contribution in [1.29, 1.82) is 0 Å². The number of nitrogens with zero attached hydrogens (tertiary/aromatic N) is 3. The zero-order valence-electron chi connectivity index (χ0n) is 39.6. The fourth-order valence-corrected chi connectivity index (χ4v) is 9.40. The first kappa shape index (κ1) is 40.2. The number of aryl methyl sites for hydroxylation is 2. The van der Waals surface area contributed by atoms with Gasteiger partial charge in [-0.3, -0.25) is 4.99 Å². The Balaban J connectivity index is 0.00000561. The summed E-state index contributed by atoms with van der Waals surface area (Å²) in [5.74, 6) is 2.33. The van der Waals surface area contributed by atoms with Gasteiger partial charge in [0.2, 0.25) is 0 Å². The Morgan fingerprint density at radius 1 is 0.814 bits per heavy atom. The molecule has 0 saturated heterocycles. The van der Waals surface area contributed by atoms with Crippen LogP contribution < -0.4 is 9.64 Å². The van der Waals surface area contributed by atoms with E-state index in [2.05, 4.69) is 156 Å². The van der Waals surface area contributed by atoms with Crippen LogP contribution in [0.2, 0.25) is 0 Å². The van der Waals surface area contributed by atoms with Gasteiger partial charge >= 0.3 is 21.1 Å². The van der Waals surface area contributed by atoms with Gasteiger partial charge in [0.05, 0.1) is 6.04 Å². The molecule has 1 aliphatic carbocycles. The van der Waals surface area contributed by atoms with Crippen molar-refractivity contribution in [1.82, 2.24) is 4.98 Å². The molecular formula is C53H61N3O2Pt. The second kappa shape index (κ2) is 14.5. The summed E-state index contributed by atoms with van der Waals surface area (Å²) in [6.45, 7) is 32.9. The Hall–Kier alpha value is -4.21. The van der Waals surface area contributed by atoms with E-state index in [1.165, 1.54) is 16.7 Å². The molecule has 0 spiro atoms. The normalized spacial score (nSPS) is 20.8. The molecule has 1 aromatic heterocycles. The van der Waals surface area contributed by atoms with Gasteiger partial charge in [0.25, 0.3) is 0 Å². The molecular weight excluding hydrogens is 906 g/mol. The van der Waals surface area contributed by atoms with Gasteiger partial charge in [-0.2, -0.15) is 5.56 Å². The average Bonchev–Trinajstić information content (AvgIpc) is 3.49. The van der Waals surface area contributed by atoms with Crippen LogP contribution in [0.4, 0.5) is 17.2 Å². The molecule has 5 nitrogen and oxygen atoms in total. The summed E-state index contributed by atoms with van der Waals surface area (Å²) in [6, 6.07) is 27.7. The van der Waals surface area contributed by atoms with E-state index in [1.54, 1.807) is 0 Å². The van der Waals surface area contributed by atoms with Gasteiger partial charge in [0.15, 0.2) is 0 Å². The van der Waals surface area contributed by atoms with Crippen molar-refractivity contribution in [2.45, 2.75) is 150 Å². The largest absolute Gasteiger partial charge is 2.00 e. The van der Waals surface area contributed by atoms with Crippen LogP contribution in [-0.4, -0.2) is 22.5 Å². The summed E-state index contributed by atoms with van der Waals surface area (Å²) in [5.41, 5.74) is 12.1. The minimum Gasteiger partial charge on any atom is -0.512 e. The van der Waals surface area contributed by atoms with Crippen molar-refractivity contribution in [3.8, 4) is 11.5 Å². The molecule has 2 atom stereocenters. The van der Waals surface area contributed by atoms with E-state index in [-0.39, 0.29) is 42.7 Å². The number of hydrogen-bond donors (Lipinski definition) is 0. The molecule has 0 amide bonds. The molecule has 0 N–H and O–H groups in total. The standard InChI is InChI=1S/C53H61N3O2.Pt/c1-31-21-38(56-44-19-18-36(49(4,5)6)28-43(44)52(13,14)42-17-16-20-54-47(42)56)29-39(22-31)57-40-25-35(24-37(27-40)50(7,8)9)48-55-45-26-34-23-32(2)46(51(10,11)12)33(3)41(34)30-53(45,15)58-48;/h16-24,27-28,45H,26,30H2,1-15H3;/q-2;+2/t45-,53-;/m0./s1/i26D2;. The molecule has 0 unspecified atom stereocenters. The summed E-state index contributed by atoms with van der Waals surface area (Å²) in [5, 5.41) is 0. The van der Waals surface area contributed by atoms with Crippen LogP contribution in [0.15, 0.2) is 71.9 Å². The summed E-state index contributed by atoms with van der Waals surface area (Å²) < 4.78 is 32.8. The van der Waals surface area contributed by atoms with Crippen LogP contribution >= 0.6 is 0 Å². The second-order valence-electron chi connectivity index (χ2n) is 20.8. The topological polar surface area (TPSA) is 47.0 Å². The third-order valence-corrected chi connectivity index (χ3v) is 12.5. The SMILES string of the molecule is [2H]C1([2H])c2cc(C)c(C(C)(C)C)c(C)c2C[C@]2(C)OC(c3[c-]c(Oc4[c-]c(N5c6ccc(C(C)(C)C)cc6C(C)(C)c6cccnc65)cc(C)c4)cc(C(C)(C)C)c3)=N[C@@H]12.[Pt+2]. The first-order chi connectivity index (χ1) is 27.7. The van der Waals surface area contributed by atoms with Crippen molar-refractivity contribution in [3.63, 3.8) is 0 Å². The van der Waals surface area contributed by atoms with Crippen molar-refractivity contribution in [3.05, 3.63) is 140 Å². The van der Waals surface area contributed by atoms with Crippen molar-refractivity contribution >= 4 is 23.1 Å². The first-order valence-electron chi connectivity index (χ1n) is 21.8. The van der Waals surface area contributed by atoms with Crippen LogP contribution in [0.1, 0.15) is 147 Å². The monoisotopic (exact) mass is 968 g/mol. The fraction of sp³-hybridized carbons (Fsp3) is 0.434. The number of aromatic nitrogens is 1. The van der Waals surface area contributed by atoms with Gasteiger partial charge in [-0.15, -0.1) is 29.8 Å². The molecule has 0 bridgehead atoms. The van der Waals surface area contributed by atoms with E-state index in [4.69, 9.17) is 19.5 Å². The van der Waals surface area contributed by atoms with E-state index >= 15 is 0 Å². The van der Waals surface area contributed by atoms with E-state index in [0.717, 1.165) is 56.1 Å². The molecule has 3 heterocycles. The zero-order valence-corrected chi connectivity index (χ0v) is 39.9. The number of fused-ring (bicyclic) bond motifs is 4. The van der Waals surface area contributed by atoms with Gasteiger partial charge < -0.3 is 14.4 Å². The Bertz CT molecular complexity index is 2610. The maximum absolute atomic E-state index is 9.57. The van der Waals surface area contributed by atoms with Crippen LogP contribution in [0, 0.1) is 32.9 Å². The Labute approximate surface area is 371 Å². The smallest absolute Gasteiger partial charge is 0.512 e. The van der Waals surface area contributed by atoms with E-state index in [0.29, 0.717) is 29.4 Å². The molecule has 4 aromatic carbocycles. The Morgan fingerprint density at radius 2 is 1.51 bits per heavy atom. The molecule has 6 heteroatoms. The summed E-state index contributed by atoms with van der Waals surface area (Å²) in [4.78, 5) is 12.3. The average molecular weight is 969 g/mol. The van der Waals surface area contributed by atoms with E-state index in [1.807, 2.05) is 31.3 Å². The maximum atomic E-state index is 9.57. The van der Waals surface area contributed by atoms with Gasteiger partial charge in [0.1, 0.15) is 17.3 Å². The summed E-state index contributed by atoms with van der Waals surface area (Å²) >= 11 is 0. The first-order valence-corrected chi connectivity index (χ1v) is 20.8. The Morgan fingerprint density at radius 3 is 2.19 bits per heavy atom. The summed E-state index contributed by atoms with van der Waals surface area (Å²) in [7, 11) is 0. The number of ether oxygens (including phenoxy) is 2. The second-order valence-corrected chi connectivity index (χ2v) is 20.8. The number of aliphatic imine (C=N–C) groups is 1. The van der Waals surface area contributed by atoms with Crippen LogP contribution in [-0.2, 0) is 60.3 Å². The molecule has 310 valence electrons. The van der Waals surface area contributed by atoms with Crippen LogP contribution in [0.3, 0.4) is 0 Å². The van der Waals surface area contributed by atoms with Gasteiger partial charge in [0, 0.05) is 43.5 Å². The van der Waals surface area contributed by atoms with Gasteiger partial charge in [-0.05, 0) is 94.5 Å². The molecule has 0 radical (unpaired) electrons. The van der Waals surface area contributed by atoms with Crippen LogP contribution in [0.5, 0.6) is 11.5 Å². The molecule has 59 heavy (non-hydrogen) atoms. The minimum atomic E-state index is -1.74. The molecule has 0 fully saturated rings.